The molecule has 3 heterocycles. The van der Waals surface area contributed by atoms with Crippen LogP contribution in [0.25, 0.3) is 11.5 Å². The van der Waals surface area contributed by atoms with E-state index in [1.165, 1.54) is 21.7 Å². The third kappa shape index (κ3) is 2.69. The zero-order valence-electron chi connectivity index (χ0n) is 13.0. The van der Waals surface area contributed by atoms with Crippen molar-refractivity contribution in [2.24, 2.45) is 0 Å². The molecule has 0 N–H and O–H groups in total. The van der Waals surface area contributed by atoms with Crippen LogP contribution in [0.15, 0.2) is 24.7 Å². The van der Waals surface area contributed by atoms with Gasteiger partial charge in [0.05, 0.1) is 19.4 Å². The van der Waals surface area contributed by atoms with Gasteiger partial charge in [0.15, 0.2) is 17.2 Å². The second-order valence-electron chi connectivity index (χ2n) is 4.58. The monoisotopic (exact) mass is 330 g/mol. The predicted molar refractivity (Wildman–Crippen MR) is 79.8 cm³/mol. The zero-order valence-corrected chi connectivity index (χ0v) is 13.0. The van der Waals surface area contributed by atoms with Crippen LogP contribution in [0.1, 0.15) is 34.7 Å². The Morgan fingerprint density at radius 1 is 1.12 bits per heavy atom. The molecular formula is C14H14N6O4. The maximum Gasteiger partial charge on any atom is 0.358 e. The van der Waals surface area contributed by atoms with Crippen molar-refractivity contribution < 1.29 is 19.1 Å². The van der Waals surface area contributed by atoms with Crippen LogP contribution in [-0.4, -0.2) is 54.7 Å². The Morgan fingerprint density at radius 3 is 2.62 bits per heavy atom. The van der Waals surface area contributed by atoms with Crippen LogP contribution < -0.4 is 0 Å². The summed E-state index contributed by atoms with van der Waals surface area (Å²) in [6, 6.07) is 3.27. The Hall–Kier alpha value is -3.30. The molecule has 0 unspecified atom stereocenters. The lowest BCUT2D eigenvalue weighted by Crippen LogP contribution is -2.18. The molecule has 0 spiro atoms. The highest BCUT2D eigenvalue weighted by atomic mass is 16.5. The third-order valence-corrected chi connectivity index (χ3v) is 3.10. The van der Waals surface area contributed by atoms with Gasteiger partial charge in [-0.3, -0.25) is 0 Å². The Morgan fingerprint density at radius 2 is 1.88 bits per heavy atom. The minimum Gasteiger partial charge on any atom is -0.462 e. The molecule has 0 saturated carbocycles. The van der Waals surface area contributed by atoms with Crippen LogP contribution in [0.4, 0.5) is 0 Å². The van der Waals surface area contributed by atoms with E-state index in [0.29, 0.717) is 11.5 Å². The summed E-state index contributed by atoms with van der Waals surface area (Å²) >= 11 is 0. The van der Waals surface area contributed by atoms with Crippen LogP contribution >= 0.6 is 0 Å². The van der Waals surface area contributed by atoms with E-state index in [1.807, 2.05) is 0 Å². The van der Waals surface area contributed by atoms with E-state index in [2.05, 4.69) is 20.4 Å². The summed E-state index contributed by atoms with van der Waals surface area (Å²) in [7, 11) is 0. The van der Waals surface area contributed by atoms with E-state index < -0.39 is 11.9 Å². The van der Waals surface area contributed by atoms with Gasteiger partial charge in [0.2, 0.25) is 0 Å². The Bertz CT molecular complexity index is 900. The summed E-state index contributed by atoms with van der Waals surface area (Å²) in [6.45, 7) is 3.68. The second kappa shape index (κ2) is 6.44. The fourth-order valence-electron chi connectivity index (χ4n) is 2.11. The van der Waals surface area contributed by atoms with Gasteiger partial charge in [-0.05, 0) is 26.0 Å². The van der Waals surface area contributed by atoms with Gasteiger partial charge in [0, 0.05) is 0 Å². The van der Waals surface area contributed by atoms with Gasteiger partial charge in [-0.25, -0.2) is 14.3 Å². The lowest BCUT2D eigenvalue weighted by molar-refractivity contribution is 0.0472. The molecule has 0 aromatic carbocycles. The third-order valence-electron chi connectivity index (χ3n) is 3.10. The molecule has 10 nitrogen and oxygen atoms in total. The summed E-state index contributed by atoms with van der Waals surface area (Å²) in [5.74, 6) is -1.04. The number of carbonyl (C=O) groups excluding carboxylic acids is 2. The molecule has 0 saturated heterocycles. The van der Waals surface area contributed by atoms with Gasteiger partial charge >= 0.3 is 11.9 Å². The molecule has 10 heteroatoms. The smallest absolute Gasteiger partial charge is 0.358 e. The van der Waals surface area contributed by atoms with Crippen LogP contribution in [-0.2, 0) is 9.47 Å². The van der Waals surface area contributed by atoms with Gasteiger partial charge < -0.3 is 9.47 Å². The summed E-state index contributed by atoms with van der Waals surface area (Å²) in [5, 5.41) is 15.9. The molecule has 0 atom stereocenters. The molecule has 0 fully saturated rings. The summed E-state index contributed by atoms with van der Waals surface area (Å²) in [5.41, 5.74) is 0.505. The van der Waals surface area contributed by atoms with Crippen molar-refractivity contribution >= 4 is 17.6 Å². The SMILES string of the molecule is CCOC(=O)c1cnn(-c2ccc3nncn3n2)c1C(=O)OCC. The fraction of sp³-hybridized carbons (Fsp3) is 0.286. The molecule has 0 radical (unpaired) electrons. The van der Waals surface area contributed by atoms with Crippen LogP contribution in [0.3, 0.4) is 0 Å². The van der Waals surface area contributed by atoms with Crippen molar-refractivity contribution in [3.05, 3.63) is 35.9 Å². The van der Waals surface area contributed by atoms with E-state index in [0.717, 1.165) is 0 Å². The van der Waals surface area contributed by atoms with Crippen molar-refractivity contribution in [2.75, 3.05) is 13.2 Å². The lowest BCUT2D eigenvalue weighted by atomic mass is 10.2. The van der Waals surface area contributed by atoms with Crippen molar-refractivity contribution in [3.8, 4) is 5.82 Å². The maximum atomic E-state index is 12.3. The number of fused-ring (bicyclic) bond motifs is 1. The predicted octanol–water partition coefficient (Wildman–Crippen LogP) is 0.663. The highest BCUT2D eigenvalue weighted by Crippen LogP contribution is 2.16. The first-order valence-corrected chi connectivity index (χ1v) is 7.25. The largest absolute Gasteiger partial charge is 0.462 e. The van der Waals surface area contributed by atoms with Gasteiger partial charge in [0.25, 0.3) is 0 Å². The number of rotatable bonds is 5. The Labute approximate surface area is 136 Å². The van der Waals surface area contributed by atoms with Gasteiger partial charge in [-0.2, -0.15) is 9.61 Å². The number of hydrogen-bond donors (Lipinski definition) is 0. The number of nitrogens with zero attached hydrogens (tertiary/aromatic N) is 6. The Kier molecular flexibility index (Phi) is 4.18. The van der Waals surface area contributed by atoms with Crippen LogP contribution in [0.5, 0.6) is 0 Å². The van der Waals surface area contributed by atoms with E-state index in [9.17, 15) is 9.59 Å². The summed E-state index contributed by atoms with van der Waals surface area (Å²) < 4.78 is 12.6. The number of carbonyl (C=O) groups is 2. The molecule has 124 valence electrons. The van der Waals surface area contributed by atoms with Gasteiger partial charge in [0.1, 0.15) is 11.9 Å². The molecule has 0 aliphatic rings. The average molecular weight is 330 g/mol. The molecule has 3 aromatic heterocycles. The van der Waals surface area contributed by atoms with E-state index >= 15 is 0 Å². The Balaban J connectivity index is 2.12. The van der Waals surface area contributed by atoms with Gasteiger partial charge in [-0.15, -0.1) is 15.3 Å². The normalized spacial score (nSPS) is 10.8. The number of esters is 2. The van der Waals surface area contributed by atoms with Crippen molar-refractivity contribution in [1.29, 1.82) is 0 Å². The molecule has 0 aliphatic heterocycles. The average Bonchev–Trinajstić information content (AvgIpc) is 3.21. The van der Waals surface area contributed by atoms with Crippen LogP contribution in [0, 0.1) is 0 Å². The molecule has 0 amide bonds. The van der Waals surface area contributed by atoms with Crippen molar-refractivity contribution in [1.82, 2.24) is 29.6 Å². The highest BCUT2D eigenvalue weighted by Gasteiger charge is 2.27. The summed E-state index contributed by atoms with van der Waals surface area (Å²) in [6.07, 6.45) is 2.67. The molecule has 0 aliphatic carbocycles. The number of hydrogen-bond acceptors (Lipinski definition) is 8. The quantitative estimate of drug-likeness (QED) is 0.627. The minimum absolute atomic E-state index is 0.0148. The number of ether oxygens (including phenoxy) is 2. The summed E-state index contributed by atoms with van der Waals surface area (Å²) in [4.78, 5) is 24.4. The highest BCUT2D eigenvalue weighted by molar-refractivity contribution is 6.02. The number of aromatic nitrogens is 6. The molecule has 0 bridgehead atoms. The fourth-order valence-corrected chi connectivity index (χ4v) is 2.11. The first-order chi connectivity index (χ1) is 11.7. The van der Waals surface area contributed by atoms with Crippen LogP contribution in [0.2, 0.25) is 0 Å². The second-order valence-corrected chi connectivity index (χ2v) is 4.58. The lowest BCUT2D eigenvalue weighted by Gasteiger charge is -2.08. The van der Waals surface area contributed by atoms with Crippen molar-refractivity contribution in [2.45, 2.75) is 13.8 Å². The molecule has 3 aromatic rings. The molecule has 24 heavy (non-hydrogen) atoms. The van der Waals surface area contributed by atoms with E-state index in [-0.39, 0.29) is 24.5 Å². The van der Waals surface area contributed by atoms with E-state index in [1.54, 1.807) is 26.0 Å². The standard InChI is InChI=1S/C14H14N6O4/c1-3-23-13(21)9-7-16-20(12(9)14(22)24-4-2)11-6-5-10-17-15-8-19(10)18-11/h5-8H,3-4H2,1-2H3. The maximum absolute atomic E-state index is 12.3. The first kappa shape index (κ1) is 15.6. The van der Waals surface area contributed by atoms with Gasteiger partial charge in [-0.1, -0.05) is 0 Å². The minimum atomic E-state index is -0.691. The van der Waals surface area contributed by atoms with E-state index in [4.69, 9.17) is 9.47 Å². The molecule has 3 rings (SSSR count). The molecular weight excluding hydrogens is 316 g/mol. The van der Waals surface area contributed by atoms with Crippen molar-refractivity contribution in [3.63, 3.8) is 0 Å². The zero-order chi connectivity index (χ0) is 17.1. The topological polar surface area (TPSA) is 114 Å². The first-order valence-electron chi connectivity index (χ1n) is 7.25.